The van der Waals surface area contributed by atoms with E-state index < -0.39 is 161 Å². The lowest BCUT2D eigenvalue weighted by Gasteiger charge is -2.45. The highest BCUT2D eigenvalue weighted by Crippen LogP contribution is 2.37. The predicted molar refractivity (Wildman–Crippen MR) is 334 cm³/mol. The quantitative estimate of drug-likeness (QED) is 0.259. The van der Waals surface area contributed by atoms with Crippen LogP contribution in [0.1, 0.15) is 169 Å². The van der Waals surface area contributed by atoms with Gasteiger partial charge in [0, 0.05) is 67.8 Å². The van der Waals surface area contributed by atoms with Gasteiger partial charge >= 0.3 is 6.18 Å². The second-order valence-corrected chi connectivity index (χ2v) is 27.3. The summed E-state index contributed by atoms with van der Waals surface area (Å²) in [6, 6.07) is -7.62. The minimum absolute atomic E-state index is 0.0241. The molecule has 0 unspecified atom stereocenters. The average Bonchev–Trinajstić information content (AvgIpc) is 1.19. The van der Waals surface area contributed by atoms with Crippen molar-refractivity contribution in [1.29, 1.82) is 0 Å². The second-order valence-electron chi connectivity index (χ2n) is 27.3. The Labute approximate surface area is 539 Å². The SMILES string of the molecule is CC[C@H](C)[C@@H]1NC(=O)[C@H](CC(C)C)N(C)C(=O)C[C@@H](C)N(C)C(=O)[C@H]([C@@H](C)CC)N(C)C(=O)C2(CCCC2)NC(=O)[C@@H]2CCCN2C(=O)[C@H](CCc2ccc(C(F)(F)F)c(F)c2)NC(=O)CN(C)C(=O)[C@H](C2CCCC2)N(C)C(=O)[C@@H]2CCN2C(=O)[C@H](C)N(C)C1=O. The lowest BCUT2D eigenvalue weighted by molar-refractivity contribution is -0.161. The van der Waals surface area contributed by atoms with Crippen molar-refractivity contribution < 1.29 is 70.3 Å². The van der Waals surface area contributed by atoms with Crippen molar-refractivity contribution in [3.05, 3.63) is 35.1 Å². The zero-order valence-corrected chi connectivity index (χ0v) is 56.5. The van der Waals surface area contributed by atoms with Crippen LogP contribution < -0.4 is 16.0 Å². The molecule has 6 rings (SSSR count). The molecule has 1 aromatic rings. The van der Waals surface area contributed by atoms with Gasteiger partial charge in [-0.15, -0.1) is 0 Å². The Morgan fingerprint density at radius 2 is 1.25 bits per heavy atom. The van der Waals surface area contributed by atoms with Gasteiger partial charge < -0.3 is 55.1 Å². The van der Waals surface area contributed by atoms with Crippen LogP contribution in [0.15, 0.2) is 18.2 Å². The number of benzene rings is 1. The first-order chi connectivity index (χ1) is 43.1. The molecule has 0 radical (unpaired) electrons. The molecular weight excluding hydrogens is 1200 g/mol. The van der Waals surface area contributed by atoms with E-state index in [2.05, 4.69) is 16.0 Å². The highest BCUT2D eigenvalue weighted by Gasteiger charge is 2.51. The minimum atomic E-state index is -4.99. The number of fused-ring (bicyclic) bond motifs is 2. The van der Waals surface area contributed by atoms with Gasteiger partial charge in [-0.25, -0.2) is 4.39 Å². The Hall–Kier alpha value is -6.89. The van der Waals surface area contributed by atoms with Crippen molar-refractivity contribution in [3.8, 4) is 0 Å². The molecule has 5 fully saturated rings. The predicted octanol–water partition coefficient (Wildman–Crippen LogP) is 5.13. The molecule has 26 heteroatoms. The summed E-state index contributed by atoms with van der Waals surface area (Å²) < 4.78 is 55.9. The standard InChI is InChI=1S/C66H101F4N11O11/c1-15-39(5)53-61(89)76(11)42(8)58(86)81-33-29-49(81)60(88)78(13)55(44-22-17-18-23-44)62(90)74(9)37-51(82)71-47(28-26-43-25-27-45(46(67)36-43)66(68,69)70)59(87)80-32-21-24-48(80)57(85)73-65(30-19-20-31-65)64(92)79(14)54(40(6)16-2)63(91)75(10)41(7)35-52(83)77(12)50(34-38(3)4)56(84)72-53/h25,27,36,38-42,44,47-50,53-55H,15-24,26,28-35,37H2,1-14H3,(H,71,82)(H,72,84)(H,73,85)/t39-,40-,41+,42-,47-,48-,49-,50-,53-,54-,55-/m0/s1. The number of carbonyl (C=O) groups is 11. The van der Waals surface area contributed by atoms with Crippen molar-refractivity contribution in [1.82, 2.24) is 55.1 Å². The molecule has 3 aliphatic heterocycles. The van der Waals surface area contributed by atoms with Crippen LogP contribution in [0, 0.1) is 29.5 Å². The fourth-order valence-electron chi connectivity index (χ4n) is 13.9. The van der Waals surface area contributed by atoms with Crippen LogP contribution in [0.25, 0.3) is 0 Å². The molecule has 1 aromatic carbocycles. The number of hydrogen-bond acceptors (Lipinski definition) is 11. The second kappa shape index (κ2) is 31.4. The highest BCUT2D eigenvalue weighted by molar-refractivity contribution is 6.00. The van der Waals surface area contributed by atoms with Gasteiger partial charge in [-0.1, -0.05) is 86.1 Å². The van der Waals surface area contributed by atoms with E-state index in [1.54, 1.807) is 13.8 Å². The van der Waals surface area contributed by atoms with Crippen molar-refractivity contribution in [2.45, 2.75) is 231 Å². The van der Waals surface area contributed by atoms with E-state index >= 15 is 9.59 Å². The number of rotatable bonds is 10. The van der Waals surface area contributed by atoms with Crippen molar-refractivity contribution in [3.63, 3.8) is 0 Å². The molecule has 11 amide bonds. The highest BCUT2D eigenvalue weighted by atomic mass is 19.4. The Morgan fingerprint density at radius 1 is 0.630 bits per heavy atom. The summed E-state index contributed by atoms with van der Waals surface area (Å²) in [4.78, 5) is 172. The number of aryl methyl sites for hydroxylation is 1. The topological polar surface area (TPSA) is 250 Å². The first-order valence-electron chi connectivity index (χ1n) is 33.1. The number of halogens is 4. The molecule has 22 nitrogen and oxygen atoms in total. The molecule has 3 heterocycles. The summed E-state index contributed by atoms with van der Waals surface area (Å²) in [7, 11) is 8.80. The summed E-state index contributed by atoms with van der Waals surface area (Å²) in [5, 5.41) is 8.65. The Balaban J connectivity index is 1.39. The van der Waals surface area contributed by atoms with Gasteiger partial charge in [0.1, 0.15) is 59.7 Å². The molecule has 1 spiro atoms. The fraction of sp³-hybridized carbons (Fsp3) is 0.742. The normalized spacial score (nSPS) is 28.4. The summed E-state index contributed by atoms with van der Waals surface area (Å²) in [6.45, 7) is 13.9. The van der Waals surface area contributed by atoms with Crippen LogP contribution in [0.4, 0.5) is 17.6 Å². The smallest absolute Gasteiger partial charge is 0.343 e. The Morgan fingerprint density at radius 3 is 1.82 bits per heavy atom. The Kier molecular flexibility index (Phi) is 25.3. The van der Waals surface area contributed by atoms with Gasteiger partial charge in [-0.2, -0.15) is 13.2 Å². The fourth-order valence-corrected chi connectivity index (χ4v) is 13.9. The molecule has 0 bridgehead atoms. The van der Waals surface area contributed by atoms with Crippen molar-refractivity contribution >= 4 is 65.0 Å². The van der Waals surface area contributed by atoms with Crippen molar-refractivity contribution in [2.75, 3.05) is 61.9 Å². The van der Waals surface area contributed by atoms with Gasteiger partial charge in [0.25, 0.3) is 0 Å². The number of hydrogen-bond donors (Lipinski definition) is 3. The van der Waals surface area contributed by atoms with Gasteiger partial charge in [-0.05, 0) is 119 Å². The van der Waals surface area contributed by atoms with E-state index in [1.165, 1.54) is 83.5 Å². The number of nitrogens with one attached hydrogen (secondary N) is 3. The van der Waals surface area contributed by atoms with Gasteiger partial charge in [0.2, 0.25) is 65.0 Å². The number of nitrogens with zero attached hydrogens (tertiary/aromatic N) is 8. The third-order valence-electron chi connectivity index (χ3n) is 20.5. The van der Waals surface area contributed by atoms with Crippen LogP contribution in [0.5, 0.6) is 0 Å². The average molecular weight is 1300 g/mol. The summed E-state index contributed by atoms with van der Waals surface area (Å²) in [6.07, 6.45) is 0.176. The summed E-state index contributed by atoms with van der Waals surface area (Å²) in [5.74, 6) is -9.53. The zero-order chi connectivity index (χ0) is 68.6. The number of likely N-dealkylation sites (N-methyl/N-ethyl adjacent to an activating group) is 6. The van der Waals surface area contributed by atoms with Crippen LogP contribution in [0.3, 0.4) is 0 Å². The van der Waals surface area contributed by atoms with Gasteiger partial charge in [0.05, 0.1) is 12.1 Å². The zero-order valence-electron chi connectivity index (χ0n) is 56.5. The first-order valence-corrected chi connectivity index (χ1v) is 33.1. The third kappa shape index (κ3) is 16.7. The van der Waals surface area contributed by atoms with E-state index in [9.17, 15) is 60.7 Å². The number of alkyl halides is 3. The molecule has 2 aliphatic carbocycles. The lowest BCUT2D eigenvalue weighted by atomic mass is 9.90. The molecule has 3 N–H and O–H groups in total. The van der Waals surface area contributed by atoms with E-state index in [1.807, 2.05) is 34.6 Å². The molecule has 0 aromatic heterocycles. The van der Waals surface area contributed by atoms with E-state index in [-0.39, 0.29) is 81.9 Å². The van der Waals surface area contributed by atoms with Crippen LogP contribution in [0.2, 0.25) is 0 Å². The molecular formula is C66H101F4N11O11. The molecule has 11 atom stereocenters. The number of carbonyl (C=O) groups excluding carboxylic acids is 11. The summed E-state index contributed by atoms with van der Waals surface area (Å²) in [5.41, 5.74) is -2.94. The van der Waals surface area contributed by atoms with Crippen LogP contribution in [-0.2, 0) is 65.3 Å². The molecule has 5 aliphatic rings. The van der Waals surface area contributed by atoms with Gasteiger partial charge in [-0.3, -0.25) is 52.7 Å². The monoisotopic (exact) mass is 1300 g/mol. The van der Waals surface area contributed by atoms with Gasteiger partial charge in [0.15, 0.2) is 0 Å². The van der Waals surface area contributed by atoms with Crippen LogP contribution >= 0.6 is 0 Å². The Bertz CT molecular complexity index is 2880. The molecule has 2 saturated carbocycles. The molecule has 92 heavy (non-hydrogen) atoms. The largest absolute Gasteiger partial charge is 0.419 e. The maximum atomic E-state index is 15.2. The first kappa shape index (κ1) is 74.2. The molecule has 514 valence electrons. The van der Waals surface area contributed by atoms with E-state index in [4.69, 9.17) is 0 Å². The van der Waals surface area contributed by atoms with E-state index in [0.717, 1.165) is 23.8 Å². The lowest BCUT2D eigenvalue weighted by Crippen LogP contribution is -2.65. The van der Waals surface area contributed by atoms with Crippen molar-refractivity contribution in [2.24, 2.45) is 23.7 Å². The maximum Gasteiger partial charge on any atom is 0.419 e. The maximum absolute atomic E-state index is 15.2. The number of amides is 11. The van der Waals surface area contributed by atoms with Crippen LogP contribution in [-0.4, -0.2) is 226 Å². The minimum Gasteiger partial charge on any atom is -0.343 e. The molecule has 3 saturated heterocycles. The summed E-state index contributed by atoms with van der Waals surface area (Å²) >= 11 is 0. The van der Waals surface area contributed by atoms with E-state index in [0.29, 0.717) is 57.1 Å². The third-order valence-corrected chi connectivity index (χ3v) is 20.5.